The van der Waals surface area contributed by atoms with Gasteiger partial charge in [0.1, 0.15) is 0 Å². The Morgan fingerprint density at radius 2 is 1.09 bits per heavy atom. The summed E-state index contributed by atoms with van der Waals surface area (Å²) in [6.07, 6.45) is 3.63. The van der Waals surface area contributed by atoms with Crippen LogP contribution in [-0.4, -0.2) is 77.8 Å². The Bertz CT molecular complexity index is 215. The van der Waals surface area contributed by atoms with E-state index < -0.39 is 0 Å². The summed E-state index contributed by atoms with van der Waals surface area (Å²) < 4.78 is 26.8. The molecule has 0 fully saturated rings. The maximum atomic E-state index is 8.51. The summed E-state index contributed by atoms with van der Waals surface area (Å²) in [7, 11) is 0. The Kier molecular flexibility index (Phi) is 19.6. The van der Waals surface area contributed by atoms with Crippen molar-refractivity contribution in [2.24, 2.45) is 5.92 Å². The average molecular weight is 336 g/mol. The standard InChI is InChI=1S/C17H36O6/c1-3-5-17(4-2)16-23-15-14-22-13-12-21-11-10-20-9-8-19-7-6-18/h17-18H,3-16H2,1-2H3. The lowest BCUT2D eigenvalue weighted by atomic mass is 10.0. The van der Waals surface area contributed by atoms with Gasteiger partial charge in [-0.2, -0.15) is 0 Å². The van der Waals surface area contributed by atoms with Gasteiger partial charge in [0.2, 0.25) is 0 Å². The molecule has 0 aromatic heterocycles. The summed E-state index contributed by atoms with van der Waals surface area (Å²) in [5.41, 5.74) is 0. The van der Waals surface area contributed by atoms with Crippen molar-refractivity contribution in [2.75, 3.05) is 72.7 Å². The van der Waals surface area contributed by atoms with Gasteiger partial charge >= 0.3 is 0 Å². The fraction of sp³-hybridized carbons (Fsp3) is 1.00. The van der Waals surface area contributed by atoms with E-state index in [-0.39, 0.29) is 6.61 Å². The van der Waals surface area contributed by atoms with Gasteiger partial charge in [0.15, 0.2) is 0 Å². The van der Waals surface area contributed by atoms with Crippen LogP contribution in [0.1, 0.15) is 33.1 Å². The zero-order chi connectivity index (χ0) is 17.0. The maximum Gasteiger partial charge on any atom is 0.0701 e. The molecule has 0 aromatic rings. The van der Waals surface area contributed by atoms with Gasteiger partial charge in [-0.3, -0.25) is 0 Å². The summed E-state index contributed by atoms with van der Waals surface area (Å²) in [4.78, 5) is 0. The first kappa shape index (κ1) is 22.8. The summed E-state index contributed by atoms with van der Waals surface area (Å²) in [5.74, 6) is 0.678. The van der Waals surface area contributed by atoms with Crippen molar-refractivity contribution < 1.29 is 28.8 Å². The fourth-order valence-corrected chi connectivity index (χ4v) is 2.01. The van der Waals surface area contributed by atoms with Crippen molar-refractivity contribution in [2.45, 2.75) is 33.1 Å². The van der Waals surface area contributed by atoms with E-state index in [0.717, 1.165) is 6.61 Å². The third-order valence-electron chi connectivity index (χ3n) is 3.35. The van der Waals surface area contributed by atoms with Gasteiger partial charge < -0.3 is 28.8 Å². The molecule has 0 heterocycles. The number of hydrogen-bond acceptors (Lipinski definition) is 6. The Balaban J connectivity index is 3.07. The van der Waals surface area contributed by atoms with E-state index in [9.17, 15) is 0 Å². The van der Waals surface area contributed by atoms with Crippen molar-refractivity contribution in [3.8, 4) is 0 Å². The van der Waals surface area contributed by atoms with Crippen LogP contribution in [0.4, 0.5) is 0 Å². The van der Waals surface area contributed by atoms with Crippen LogP contribution in [0.2, 0.25) is 0 Å². The van der Waals surface area contributed by atoms with Gasteiger partial charge in [0, 0.05) is 6.61 Å². The van der Waals surface area contributed by atoms with Crippen molar-refractivity contribution in [3.05, 3.63) is 0 Å². The van der Waals surface area contributed by atoms with Crippen LogP contribution in [0.3, 0.4) is 0 Å². The van der Waals surface area contributed by atoms with Crippen LogP contribution >= 0.6 is 0 Å². The molecular weight excluding hydrogens is 300 g/mol. The molecular formula is C17H36O6. The topological polar surface area (TPSA) is 66.4 Å². The third kappa shape index (κ3) is 17.9. The first-order valence-corrected chi connectivity index (χ1v) is 8.84. The van der Waals surface area contributed by atoms with E-state index in [1.165, 1.54) is 19.3 Å². The molecule has 0 aliphatic rings. The zero-order valence-corrected chi connectivity index (χ0v) is 15.0. The zero-order valence-electron chi connectivity index (χ0n) is 15.0. The summed E-state index contributed by atoms with van der Waals surface area (Å²) in [6, 6.07) is 0. The number of aliphatic hydroxyl groups is 1. The monoisotopic (exact) mass is 336 g/mol. The molecule has 1 unspecified atom stereocenters. The van der Waals surface area contributed by atoms with Gasteiger partial charge in [0.05, 0.1) is 66.1 Å². The quantitative estimate of drug-likeness (QED) is 0.363. The highest BCUT2D eigenvalue weighted by Gasteiger charge is 2.04. The number of aliphatic hydroxyl groups excluding tert-OH is 1. The first-order valence-electron chi connectivity index (χ1n) is 8.84. The molecule has 0 aromatic carbocycles. The summed E-state index contributed by atoms with van der Waals surface area (Å²) in [5, 5.41) is 8.51. The van der Waals surface area contributed by atoms with Crippen LogP contribution in [0.5, 0.6) is 0 Å². The molecule has 0 rings (SSSR count). The number of hydrogen-bond donors (Lipinski definition) is 1. The molecule has 0 radical (unpaired) electrons. The molecule has 1 N–H and O–H groups in total. The Morgan fingerprint density at radius 3 is 1.48 bits per heavy atom. The van der Waals surface area contributed by atoms with Gasteiger partial charge in [0.25, 0.3) is 0 Å². The van der Waals surface area contributed by atoms with Crippen LogP contribution in [0, 0.1) is 5.92 Å². The molecule has 6 nitrogen and oxygen atoms in total. The lowest BCUT2D eigenvalue weighted by molar-refractivity contribution is -0.0157. The smallest absolute Gasteiger partial charge is 0.0701 e. The molecule has 23 heavy (non-hydrogen) atoms. The molecule has 6 heteroatoms. The van der Waals surface area contributed by atoms with Crippen LogP contribution in [-0.2, 0) is 23.7 Å². The van der Waals surface area contributed by atoms with E-state index in [1.54, 1.807) is 0 Å². The van der Waals surface area contributed by atoms with Crippen LogP contribution in [0.25, 0.3) is 0 Å². The normalized spacial score (nSPS) is 12.7. The van der Waals surface area contributed by atoms with E-state index in [2.05, 4.69) is 13.8 Å². The minimum atomic E-state index is 0.0477. The molecule has 0 aliphatic heterocycles. The second-order valence-electron chi connectivity index (χ2n) is 5.31. The average Bonchev–Trinajstić information content (AvgIpc) is 2.57. The highest BCUT2D eigenvalue weighted by atomic mass is 16.6. The summed E-state index contributed by atoms with van der Waals surface area (Å²) in [6.45, 7) is 10.2. The first-order chi connectivity index (χ1) is 11.3. The van der Waals surface area contributed by atoms with Gasteiger partial charge in [-0.15, -0.1) is 0 Å². The Hall–Kier alpha value is -0.240. The fourth-order valence-electron chi connectivity index (χ4n) is 2.01. The second kappa shape index (κ2) is 19.8. The Morgan fingerprint density at radius 1 is 0.652 bits per heavy atom. The third-order valence-corrected chi connectivity index (χ3v) is 3.35. The van der Waals surface area contributed by atoms with E-state index >= 15 is 0 Å². The van der Waals surface area contributed by atoms with E-state index in [4.69, 9.17) is 28.8 Å². The van der Waals surface area contributed by atoms with Crippen molar-refractivity contribution in [3.63, 3.8) is 0 Å². The maximum absolute atomic E-state index is 8.51. The molecule has 0 spiro atoms. The number of ether oxygens (including phenoxy) is 5. The molecule has 0 amide bonds. The van der Waals surface area contributed by atoms with E-state index in [1.807, 2.05) is 0 Å². The lowest BCUT2D eigenvalue weighted by Gasteiger charge is -2.14. The lowest BCUT2D eigenvalue weighted by Crippen LogP contribution is -2.15. The van der Waals surface area contributed by atoms with Crippen LogP contribution < -0.4 is 0 Å². The van der Waals surface area contributed by atoms with Crippen molar-refractivity contribution in [1.29, 1.82) is 0 Å². The highest BCUT2D eigenvalue weighted by Crippen LogP contribution is 2.10. The van der Waals surface area contributed by atoms with Gasteiger partial charge in [-0.25, -0.2) is 0 Å². The van der Waals surface area contributed by atoms with E-state index in [0.29, 0.717) is 65.4 Å². The van der Waals surface area contributed by atoms with Crippen LogP contribution in [0.15, 0.2) is 0 Å². The second-order valence-corrected chi connectivity index (χ2v) is 5.31. The van der Waals surface area contributed by atoms with Crippen molar-refractivity contribution >= 4 is 0 Å². The van der Waals surface area contributed by atoms with Crippen molar-refractivity contribution in [1.82, 2.24) is 0 Å². The largest absolute Gasteiger partial charge is 0.394 e. The van der Waals surface area contributed by atoms with Gasteiger partial charge in [-0.05, 0) is 12.3 Å². The minimum Gasteiger partial charge on any atom is -0.394 e. The molecule has 0 saturated carbocycles. The predicted molar refractivity (Wildman–Crippen MR) is 89.9 cm³/mol. The highest BCUT2D eigenvalue weighted by molar-refractivity contribution is 4.54. The number of rotatable bonds is 19. The summed E-state index contributed by atoms with van der Waals surface area (Å²) >= 11 is 0. The minimum absolute atomic E-state index is 0.0477. The molecule has 1 atom stereocenters. The molecule has 0 bridgehead atoms. The molecule has 0 saturated heterocycles. The molecule has 0 aliphatic carbocycles. The Labute approximate surface area is 141 Å². The molecule has 140 valence electrons. The SMILES string of the molecule is CCCC(CC)COCCOCCOCCOCCOCCO. The van der Waals surface area contributed by atoms with Gasteiger partial charge in [-0.1, -0.05) is 26.7 Å². The predicted octanol–water partition coefficient (Wildman–Crippen LogP) is 1.89.